The lowest BCUT2D eigenvalue weighted by Gasteiger charge is -2.39. The maximum Gasteiger partial charge on any atom is 0.256 e. The second-order valence-electron chi connectivity index (χ2n) is 10.7. The van der Waals surface area contributed by atoms with Gasteiger partial charge in [-0.25, -0.2) is 0 Å². The third-order valence-corrected chi connectivity index (χ3v) is 8.91. The van der Waals surface area contributed by atoms with Gasteiger partial charge in [0.25, 0.3) is 17.3 Å². The SMILES string of the molecule is Cc1cc(C)c(CN2CCc3c(Cl)c4c(c(Cl)c3C2=O)OC(C)([C@H]2CC[C@H](N(C)C)CC2)O4)c(=O)[nH]1. The minimum Gasteiger partial charge on any atom is -0.447 e. The molecule has 3 heterocycles. The molecule has 1 atom stereocenters. The minimum absolute atomic E-state index is 0.180. The molecule has 194 valence electrons. The summed E-state index contributed by atoms with van der Waals surface area (Å²) < 4.78 is 12.8. The molecule has 3 aliphatic rings. The van der Waals surface area contributed by atoms with Gasteiger partial charge in [-0.05, 0) is 77.2 Å². The standard InChI is InChI=1S/C27H33Cl2N3O4/c1-14-12-15(2)30-25(33)19(14)13-32-11-10-18-20(26(32)34)22(29)24-23(21(18)28)35-27(3,36-24)16-6-8-17(9-7-16)31(4)5/h12,16-17H,6-11,13H2,1-5H3,(H,30,33)/t16-,17-,27?. The molecule has 1 amide bonds. The number of H-pyrrole nitrogens is 1. The molecular formula is C27H33Cl2N3O4. The highest BCUT2D eigenvalue weighted by Crippen LogP contribution is 2.55. The second-order valence-corrected chi connectivity index (χ2v) is 11.5. The van der Waals surface area contributed by atoms with Crippen molar-refractivity contribution in [3.63, 3.8) is 0 Å². The van der Waals surface area contributed by atoms with Gasteiger partial charge in [-0.15, -0.1) is 0 Å². The molecule has 1 aromatic carbocycles. The summed E-state index contributed by atoms with van der Waals surface area (Å²) in [6.07, 6.45) is 4.60. The van der Waals surface area contributed by atoms with E-state index < -0.39 is 5.79 Å². The van der Waals surface area contributed by atoms with Gasteiger partial charge in [0.15, 0.2) is 11.5 Å². The number of hydrogen-bond acceptors (Lipinski definition) is 5. The first-order valence-electron chi connectivity index (χ1n) is 12.6. The first-order chi connectivity index (χ1) is 17.0. The van der Waals surface area contributed by atoms with Crippen LogP contribution in [0.1, 0.15) is 65.3 Å². The summed E-state index contributed by atoms with van der Waals surface area (Å²) >= 11 is 13.7. The van der Waals surface area contributed by atoms with Crippen molar-refractivity contribution in [1.82, 2.24) is 14.8 Å². The number of carbonyl (C=O) groups excluding carboxylic acids is 1. The number of rotatable bonds is 4. The van der Waals surface area contributed by atoms with Crippen LogP contribution < -0.4 is 15.0 Å². The molecule has 1 fully saturated rings. The molecular weight excluding hydrogens is 501 g/mol. The Morgan fingerprint density at radius 3 is 2.33 bits per heavy atom. The fourth-order valence-electron chi connectivity index (χ4n) is 5.97. The minimum atomic E-state index is -0.883. The lowest BCUT2D eigenvalue weighted by Crippen LogP contribution is -2.46. The normalized spacial score (nSPS) is 25.4. The van der Waals surface area contributed by atoms with Crippen LogP contribution in [0.2, 0.25) is 10.0 Å². The van der Waals surface area contributed by atoms with Crippen LogP contribution in [0.4, 0.5) is 0 Å². The number of carbonyl (C=O) groups is 1. The van der Waals surface area contributed by atoms with Crippen molar-refractivity contribution < 1.29 is 14.3 Å². The number of hydrogen-bond donors (Lipinski definition) is 1. The molecule has 36 heavy (non-hydrogen) atoms. The van der Waals surface area contributed by atoms with E-state index in [0.29, 0.717) is 52.2 Å². The molecule has 9 heteroatoms. The number of halogens is 2. The largest absolute Gasteiger partial charge is 0.447 e. The lowest BCUT2D eigenvalue weighted by atomic mass is 9.81. The van der Waals surface area contributed by atoms with E-state index in [1.165, 1.54) is 0 Å². The summed E-state index contributed by atoms with van der Waals surface area (Å²) in [5.41, 5.74) is 3.06. The Bertz CT molecular complexity index is 1280. The highest BCUT2D eigenvalue weighted by molar-refractivity contribution is 6.39. The highest BCUT2D eigenvalue weighted by Gasteiger charge is 2.49. The Kier molecular flexibility index (Phi) is 6.54. The van der Waals surface area contributed by atoms with E-state index in [-0.39, 0.29) is 29.0 Å². The average molecular weight is 534 g/mol. The molecule has 0 bridgehead atoms. The number of aromatic amines is 1. The van der Waals surface area contributed by atoms with Gasteiger partial charge in [-0.2, -0.15) is 0 Å². The quantitative estimate of drug-likeness (QED) is 0.591. The zero-order valence-corrected chi connectivity index (χ0v) is 23.0. The van der Waals surface area contributed by atoms with Crippen molar-refractivity contribution in [2.45, 2.75) is 71.2 Å². The predicted molar refractivity (Wildman–Crippen MR) is 141 cm³/mol. The lowest BCUT2D eigenvalue weighted by molar-refractivity contribution is -0.123. The summed E-state index contributed by atoms with van der Waals surface area (Å²) in [7, 11) is 4.23. The second kappa shape index (κ2) is 9.26. The number of nitrogens with zero attached hydrogens (tertiary/aromatic N) is 2. The van der Waals surface area contributed by atoms with Crippen molar-refractivity contribution in [1.29, 1.82) is 0 Å². The average Bonchev–Trinajstić information content (AvgIpc) is 3.20. The van der Waals surface area contributed by atoms with E-state index in [0.717, 1.165) is 36.9 Å². The van der Waals surface area contributed by atoms with Crippen molar-refractivity contribution in [2.24, 2.45) is 5.92 Å². The topological polar surface area (TPSA) is 74.9 Å². The molecule has 1 N–H and O–H groups in total. The Balaban J connectivity index is 1.43. The highest BCUT2D eigenvalue weighted by atomic mass is 35.5. The molecule has 1 unspecified atom stereocenters. The molecule has 2 aromatic rings. The molecule has 7 nitrogen and oxygen atoms in total. The fourth-order valence-corrected chi connectivity index (χ4v) is 6.60. The Hall–Kier alpha value is -2.22. The summed E-state index contributed by atoms with van der Waals surface area (Å²) in [6.45, 7) is 6.30. The third kappa shape index (κ3) is 4.19. The van der Waals surface area contributed by atoms with Gasteiger partial charge in [0.05, 0.1) is 22.2 Å². The van der Waals surface area contributed by atoms with Crippen molar-refractivity contribution >= 4 is 29.1 Å². The van der Waals surface area contributed by atoms with Crippen molar-refractivity contribution in [3.8, 4) is 11.5 Å². The van der Waals surface area contributed by atoms with Crippen molar-refractivity contribution in [3.05, 3.63) is 54.4 Å². The molecule has 5 rings (SSSR count). The maximum absolute atomic E-state index is 13.6. The van der Waals surface area contributed by atoms with E-state index in [9.17, 15) is 9.59 Å². The van der Waals surface area contributed by atoms with E-state index in [2.05, 4.69) is 24.0 Å². The van der Waals surface area contributed by atoms with E-state index >= 15 is 0 Å². The number of fused-ring (bicyclic) bond motifs is 2. The Labute approximate surface area is 221 Å². The van der Waals surface area contributed by atoms with E-state index in [1.807, 2.05) is 26.8 Å². The summed E-state index contributed by atoms with van der Waals surface area (Å²) in [4.78, 5) is 32.9. The van der Waals surface area contributed by atoms with Crippen LogP contribution in [-0.4, -0.2) is 53.2 Å². The van der Waals surface area contributed by atoms with Gasteiger partial charge in [0, 0.05) is 36.7 Å². The molecule has 1 aliphatic carbocycles. The Morgan fingerprint density at radius 1 is 1.08 bits per heavy atom. The zero-order valence-electron chi connectivity index (χ0n) is 21.5. The summed E-state index contributed by atoms with van der Waals surface area (Å²) in [6, 6.07) is 2.47. The predicted octanol–water partition coefficient (Wildman–Crippen LogP) is 5.10. The third-order valence-electron chi connectivity index (χ3n) is 8.14. The molecule has 1 saturated carbocycles. The molecule has 1 aromatic heterocycles. The summed E-state index contributed by atoms with van der Waals surface area (Å²) in [5.74, 6) is -0.170. The van der Waals surface area contributed by atoms with Crippen LogP contribution in [0.3, 0.4) is 0 Å². The van der Waals surface area contributed by atoms with Crippen LogP contribution in [0.15, 0.2) is 10.9 Å². The number of pyridine rings is 1. The fraction of sp³-hybridized carbons (Fsp3) is 0.556. The molecule has 2 aliphatic heterocycles. The molecule has 0 saturated heterocycles. The van der Waals surface area contributed by atoms with Gasteiger partial charge in [-0.3, -0.25) is 9.59 Å². The van der Waals surface area contributed by atoms with Crippen LogP contribution in [-0.2, 0) is 13.0 Å². The maximum atomic E-state index is 13.6. The number of benzene rings is 1. The van der Waals surface area contributed by atoms with Crippen LogP contribution in [0.5, 0.6) is 11.5 Å². The van der Waals surface area contributed by atoms with Crippen LogP contribution in [0.25, 0.3) is 0 Å². The zero-order chi connectivity index (χ0) is 25.9. The van der Waals surface area contributed by atoms with Crippen LogP contribution >= 0.6 is 23.2 Å². The van der Waals surface area contributed by atoms with Gasteiger partial charge in [0.1, 0.15) is 0 Å². The smallest absolute Gasteiger partial charge is 0.256 e. The van der Waals surface area contributed by atoms with E-state index in [1.54, 1.807) is 4.90 Å². The number of nitrogens with one attached hydrogen (secondary N) is 1. The molecule has 0 radical (unpaired) electrons. The number of amides is 1. The summed E-state index contributed by atoms with van der Waals surface area (Å²) in [5, 5.41) is 0.631. The Morgan fingerprint density at radius 2 is 1.72 bits per heavy atom. The number of ether oxygens (including phenoxy) is 2. The van der Waals surface area contributed by atoms with Gasteiger partial charge >= 0.3 is 0 Å². The van der Waals surface area contributed by atoms with Gasteiger partial charge in [0.2, 0.25) is 0 Å². The van der Waals surface area contributed by atoms with Gasteiger partial charge < -0.3 is 24.3 Å². The first kappa shape index (κ1) is 25.4. The first-order valence-corrected chi connectivity index (χ1v) is 13.3. The van der Waals surface area contributed by atoms with Crippen LogP contribution in [0, 0.1) is 19.8 Å². The molecule has 0 spiro atoms. The van der Waals surface area contributed by atoms with Gasteiger partial charge in [-0.1, -0.05) is 23.2 Å². The van der Waals surface area contributed by atoms with E-state index in [4.69, 9.17) is 32.7 Å². The van der Waals surface area contributed by atoms with Crippen molar-refractivity contribution in [2.75, 3.05) is 20.6 Å². The number of aromatic nitrogens is 1. The monoisotopic (exact) mass is 533 g/mol. The number of aryl methyl sites for hydroxylation is 2.